The van der Waals surface area contributed by atoms with Crippen molar-refractivity contribution in [2.45, 2.75) is 27.2 Å². The summed E-state index contributed by atoms with van der Waals surface area (Å²) in [5, 5.41) is 3.19. The minimum Gasteiger partial charge on any atom is -0.494 e. The maximum absolute atomic E-state index is 12.5. The number of anilines is 1. The van der Waals surface area contributed by atoms with Crippen LogP contribution >= 0.6 is 12.2 Å². The Hall–Kier alpha value is -2.40. The fourth-order valence-corrected chi connectivity index (χ4v) is 2.73. The second-order valence-corrected chi connectivity index (χ2v) is 6.78. The van der Waals surface area contributed by atoms with Crippen LogP contribution in [0.3, 0.4) is 0 Å². The second-order valence-electron chi connectivity index (χ2n) is 6.39. The number of amides is 1. The van der Waals surface area contributed by atoms with Crippen LogP contribution in [0.1, 0.15) is 37.6 Å². The first-order valence-electron chi connectivity index (χ1n) is 8.92. The topological polar surface area (TPSA) is 41.6 Å². The first kappa shape index (κ1) is 19.9. The zero-order chi connectivity index (χ0) is 18.9. The van der Waals surface area contributed by atoms with Crippen LogP contribution in [0.2, 0.25) is 0 Å². The molecule has 1 amide bonds. The maximum atomic E-state index is 12.5. The number of hydrogen-bond donors (Lipinski definition) is 1. The zero-order valence-corrected chi connectivity index (χ0v) is 16.4. The smallest absolute Gasteiger partial charge is 0.257 e. The summed E-state index contributed by atoms with van der Waals surface area (Å²) in [7, 11) is 0. The predicted octanol–water partition coefficient (Wildman–Crippen LogP) is 4.65. The minimum absolute atomic E-state index is 0.224. The van der Waals surface area contributed by atoms with Gasteiger partial charge < -0.3 is 9.64 Å². The molecule has 1 N–H and O–H groups in total. The number of carbonyl (C=O) groups is 1. The van der Waals surface area contributed by atoms with Gasteiger partial charge in [0.25, 0.3) is 5.91 Å². The highest BCUT2D eigenvalue weighted by Gasteiger charge is 2.14. The quantitative estimate of drug-likeness (QED) is 0.720. The van der Waals surface area contributed by atoms with Crippen LogP contribution in [0.15, 0.2) is 54.6 Å². The molecule has 0 unspecified atom stereocenters. The number of para-hydroxylation sites is 1. The third kappa shape index (κ3) is 5.85. The first-order chi connectivity index (χ1) is 12.5. The van der Waals surface area contributed by atoms with E-state index < -0.39 is 0 Å². The summed E-state index contributed by atoms with van der Waals surface area (Å²) in [6.45, 7) is 7.67. The molecule has 0 radical (unpaired) electrons. The Kier molecular flexibility index (Phi) is 7.60. The minimum atomic E-state index is -0.224. The second kappa shape index (κ2) is 9.92. The summed E-state index contributed by atoms with van der Waals surface area (Å²) in [4.78, 5) is 14.3. The van der Waals surface area contributed by atoms with Crippen molar-refractivity contribution in [3.63, 3.8) is 0 Å². The molecule has 0 fully saturated rings. The third-order valence-corrected chi connectivity index (χ3v) is 4.25. The van der Waals surface area contributed by atoms with Crippen molar-refractivity contribution in [3.05, 3.63) is 60.2 Å². The van der Waals surface area contributed by atoms with Crippen LogP contribution in [0.5, 0.6) is 5.75 Å². The molecule has 138 valence electrons. The van der Waals surface area contributed by atoms with Gasteiger partial charge in [0.15, 0.2) is 5.11 Å². The van der Waals surface area contributed by atoms with Crippen molar-refractivity contribution in [3.8, 4) is 5.75 Å². The summed E-state index contributed by atoms with van der Waals surface area (Å²) >= 11 is 5.41. The van der Waals surface area contributed by atoms with Crippen LogP contribution in [-0.4, -0.2) is 24.2 Å². The molecule has 0 bridgehead atoms. The number of benzene rings is 2. The molecule has 0 saturated heterocycles. The maximum Gasteiger partial charge on any atom is 0.257 e. The molecule has 0 saturated carbocycles. The predicted molar refractivity (Wildman–Crippen MR) is 111 cm³/mol. The number of hydrogen-bond acceptors (Lipinski definition) is 3. The van der Waals surface area contributed by atoms with E-state index in [1.165, 1.54) is 0 Å². The van der Waals surface area contributed by atoms with E-state index in [1.54, 1.807) is 12.1 Å². The third-order valence-electron chi connectivity index (χ3n) is 3.93. The Labute approximate surface area is 161 Å². The van der Waals surface area contributed by atoms with Crippen LogP contribution in [0.4, 0.5) is 5.69 Å². The summed E-state index contributed by atoms with van der Waals surface area (Å²) in [6, 6.07) is 16.9. The molecule has 2 aromatic rings. The van der Waals surface area contributed by atoms with Crippen LogP contribution in [0, 0.1) is 5.92 Å². The first-order valence-corrected chi connectivity index (χ1v) is 9.32. The lowest BCUT2D eigenvalue weighted by Crippen LogP contribution is -2.42. The van der Waals surface area contributed by atoms with Gasteiger partial charge in [-0.15, -0.1) is 0 Å². The van der Waals surface area contributed by atoms with Gasteiger partial charge in [0.05, 0.1) is 6.61 Å². The van der Waals surface area contributed by atoms with Gasteiger partial charge in [-0.1, -0.05) is 32.0 Å². The van der Waals surface area contributed by atoms with E-state index in [4.69, 9.17) is 17.0 Å². The van der Waals surface area contributed by atoms with E-state index in [1.807, 2.05) is 54.3 Å². The van der Waals surface area contributed by atoms with Crippen molar-refractivity contribution in [2.75, 3.05) is 18.1 Å². The van der Waals surface area contributed by atoms with Crippen LogP contribution < -0.4 is 15.0 Å². The fraction of sp³-hybridized carbons (Fsp3) is 0.333. The van der Waals surface area contributed by atoms with Crippen molar-refractivity contribution in [1.82, 2.24) is 5.32 Å². The Balaban J connectivity index is 1.95. The molecule has 0 heterocycles. The van der Waals surface area contributed by atoms with Gasteiger partial charge in [0.1, 0.15) is 5.75 Å². The highest BCUT2D eigenvalue weighted by Crippen LogP contribution is 2.15. The molecule has 26 heavy (non-hydrogen) atoms. The van der Waals surface area contributed by atoms with Gasteiger partial charge >= 0.3 is 0 Å². The molecule has 2 rings (SSSR count). The molecule has 0 aliphatic carbocycles. The van der Waals surface area contributed by atoms with Crippen LogP contribution in [0.25, 0.3) is 0 Å². The molecule has 4 nitrogen and oxygen atoms in total. The summed E-state index contributed by atoms with van der Waals surface area (Å²) in [5.41, 5.74) is 1.50. The van der Waals surface area contributed by atoms with Gasteiger partial charge in [0, 0.05) is 17.8 Å². The van der Waals surface area contributed by atoms with E-state index in [2.05, 4.69) is 19.2 Å². The molecule has 0 atom stereocenters. The van der Waals surface area contributed by atoms with E-state index in [-0.39, 0.29) is 5.91 Å². The van der Waals surface area contributed by atoms with Gasteiger partial charge in [-0.25, -0.2) is 0 Å². The van der Waals surface area contributed by atoms with E-state index in [0.29, 0.717) is 29.7 Å². The Morgan fingerprint density at radius 3 is 2.35 bits per heavy atom. The van der Waals surface area contributed by atoms with Gasteiger partial charge in [-0.3, -0.25) is 10.1 Å². The fourth-order valence-electron chi connectivity index (χ4n) is 2.40. The van der Waals surface area contributed by atoms with Gasteiger partial charge in [-0.2, -0.15) is 0 Å². The van der Waals surface area contributed by atoms with Crippen molar-refractivity contribution >= 4 is 28.9 Å². The zero-order valence-electron chi connectivity index (χ0n) is 15.6. The highest BCUT2D eigenvalue weighted by molar-refractivity contribution is 7.80. The standard InChI is InChI=1S/C21H26N2O2S/c1-4-23(18-8-6-5-7-9-18)21(26)22-20(24)17-10-12-19(13-11-17)25-15-14-16(2)3/h5-13,16H,4,14-15H2,1-3H3,(H,22,24,26). The number of thiocarbonyl (C=S) groups is 1. The molecule has 2 aromatic carbocycles. The molecule has 0 spiro atoms. The molecule has 0 aliphatic heterocycles. The monoisotopic (exact) mass is 370 g/mol. The highest BCUT2D eigenvalue weighted by atomic mass is 32.1. The Bertz CT molecular complexity index is 715. The van der Waals surface area contributed by atoms with Crippen molar-refractivity contribution < 1.29 is 9.53 Å². The van der Waals surface area contributed by atoms with E-state index >= 15 is 0 Å². The van der Waals surface area contributed by atoms with Crippen molar-refractivity contribution in [1.29, 1.82) is 0 Å². The van der Waals surface area contributed by atoms with Gasteiger partial charge in [-0.05, 0) is 67.9 Å². The number of nitrogens with one attached hydrogen (secondary N) is 1. The Morgan fingerprint density at radius 2 is 1.77 bits per heavy atom. The van der Waals surface area contributed by atoms with E-state index in [9.17, 15) is 4.79 Å². The molecular formula is C21H26N2O2S. The summed E-state index contributed by atoms with van der Waals surface area (Å²) in [5.74, 6) is 1.15. The normalized spacial score (nSPS) is 10.5. The lowest BCUT2D eigenvalue weighted by atomic mass is 10.1. The largest absolute Gasteiger partial charge is 0.494 e. The molecule has 0 aromatic heterocycles. The van der Waals surface area contributed by atoms with Crippen LogP contribution in [-0.2, 0) is 0 Å². The average Bonchev–Trinajstić information content (AvgIpc) is 2.63. The molecule has 0 aliphatic rings. The molecule has 5 heteroatoms. The number of rotatable bonds is 7. The van der Waals surface area contributed by atoms with Crippen molar-refractivity contribution in [2.24, 2.45) is 5.92 Å². The number of ether oxygens (including phenoxy) is 1. The van der Waals surface area contributed by atoms with Gasteiger partial charge in [0.2, 0.25) is 0 Å². The lowest BCUT2D eigenvalue weighted by molar-refractivity contribution is 0.0977. The molecular weight excluding hydrogens is 344 g/mol. The average molecular weight is 371 g/mol. The SMILES string of the molecule is CCN(C(=S)NC(=O)c1ccc(OCCC(C)C)cc1)c1ccccc1. The Morgan fingerprint density at radius 1 is 1.12 bits per heavy atom. The summed E-state index contributed by atoms with van der Waals surface area (Å²) < 4.78 is 5.68. The number of nitrogens with zero attached hydrogens (tertiary/aromatic N) is 1. The van der Waals surface area contributed by atoms with E-state index in [0.717, 1.165) is 17.9 Å². The lowest BCUT2D eigenvalue weighted by Gasteiger charge is -2.23. The summed E-state index contributed by atoms with van der Waals surface area (Å²) in [6.07, 6.45) is 1.00. The number of carbonyl (C=O) groups excluding carboxylic acids is 1.